The van der Waals surface area contributed by atoms with Crippen LogP contribution in [0.25, 0.3) is 11.3 Å². The smallest absolute Gasteiger partial charge is 0.253 e. The van der Waals surface area contributed by atoms with Crippen molar-refractivity contribution in [1.29, 1.82) is 0 Å². The highest BCUT2D eigenvalue weighted by Gasteiger charge is 2.42. The van der Waals surface area contributed by atoms with Crippen molar-refractivity contribution < 1.29 is 18.4 Å². The lowest BCUT2D eigenvalue weighted by Crippen LogP contribution is -2.55. The van der Waals surface area contributed by atoms with E-state index in [1.807, 2.05) is 6.07 Å². The number of nitrogens with two attached hydrogens (primary N) is 1. The molecule has 1 aromatic heterocycles. The Morgan fingerprint density at radius 3 is 2.47 bits per heavy atom. The third kappa shape index (κ3) is 5.35. The van der Waals surface area contributed by atoms with E-state index in [1.165, 1.54) is 25.2 Å². The van der Waals surface area contributed by atoms with Crippen LogP contribution in [-0.2, 0) is 11.3 Å². The van der Waals surface area contributed by atoms with Gasteiger partial charge in [0.15, 0.2) is 0 Å². The van der Waals surface area contributed by atoms with E-state index < -0.39 is 17.2 Å². The predicted octanol–water partition coefficient (Wildman–Crippen LogP) is 5.06. The van der Waals surface area contributed by atoms with Gasteiger partial charge in [-0.3, -0.25) is 14.6 Å². The molecule has 0 radical (unpaired) electrons. The fraction of sp³-hybridized carbons (Fsp3) is 0.188. The number of anilines is 2. The summed E-state index contributed by atoms with van der Waals surface area (Å²) in [6.07, 6.45) is 0.388. The van der Waals surface area contributed by atoms with Gasteiger partial charge < -0.3 is 21.3 Å². The first kappa shape index (κ1) is 28.4. The van der Waals surface area contributed by atoms with Crippen molar-refractivity contribution >= 4 is 40.6 Å². The number of fused-ring (bicyclic) bond motifs is 3. The Balaban J connectivity index is 1.25. The van der Waals surface area contributed by atoms with E-state index in [0.29, 0.717) is 51.9 Å². The first-order valence-electron chi connectivity index (χ1n) is 13.6. The average Bonchev–Trinajstić information content (AvgIpc) is 3.34. The van der Waals surface area contributed by atoms with E-state index in [4.69, 9.17) is 22.3 Å². The predicted molar refractivity (Wildman–Crippen MR) is 162 cm³/mol. The number of likely N-dealkylation sites (tertiary alicyclic amines) is 1. The third-order valence-corrected chi connectivity index (χ3v) is 7.98. The van der Waals surface area contributed by atoms with Crippen LogP contribution in [0.15, 0.2) is 77.8 Å². The number of nitrogens with zero attached hydrogens (tertiary/aromatic N) is 3. The summed E-state index contributed by atoms with van der Waals surface area (Å²) in [5.41, 5.74) is 8.72. The maximum atomic E-state index is 14.8. The van der Waals surface area contributed by atoms with Gasteiger partial charge in [0, 0.05) is 53.1 Å². The lowest BCUT2D eigenvalue weighted by Gasteiger charge is -2.22. The first-order chi connectivity index (χ1) is 20.7. The number of aromatic nitrogens is 1. The van der Waals surface area contributed by atoms with E-state index in [1.54, 1.807) is 53.4 Å². The van der Waals surface area contributed by atoms with Crippen molar-refractivity contribution in [3.63, 3.8) is 0 Å². The molecule has 2 amide bonds. The molecule has 0 spiro atoms. The molecule has 4 N–H and O–H groups in total. The number of carbonyl (C=O) groups is 2. The van der Waals surface area contributed by atoms with Crippen LogP contribution in [0.4, 0.5) is 20.3 Å². The quantitative estimate of drug-likeness (QED) is 0.296. The topological polar surface area (TPSA) is 113 Å². The van der Waals surface area contributed by atoms with Crippen LogP contribution < -0.4 is 16.4 Å². The van der Waals surface area contributed by atoms with E-state index in [-0.39, 0.29) is 36.2 Å². The van der Waals surface area contributed by atoms with Crippen LogP contribution in [0.3, 0.4) is 0 Å². The maximum absolute atomic E-state index is 14.8. The average molecular weight is 601 g/mol. The Morgan fingerprint density at radius 2 is 1.74 bits per heavy atom. The second-order valence-electron chi connectivity index (χ2n) is 10.6. The summed E-state index contributed by atoms with van der Waals surface area (Å²) in [6, 6.07) is 19.4. The highest BCUT2D eigenvalue weighted by atomic mass is 35.5. The molecule has 3 heterocycles. The third-order valence-electron chi connectivity index (χ3n) is 7.75. The summed E-state index contributed by atoms with van der Waals surface area (Å²) in [7, 11) is 1.53. The minimum absolute atomic E-state index is 0.145. The Kier molecular flexibility index (Phi) is 7.41. The van der Waals surface area contributed by atoms with E-state index in [9.17, 15) is 18.4 Å². The highest BCUT2D eigenvalue weighted by molar-refractivity contribution is 6.31. The molecular weight excluding hydrogens is 574 g/mol. The monoisotopic (exact) mass is 600 g/mol. The second kappa shape index (κ2) is 11.2. The molecule has 8 nitrogen and oxygen atoms in total. The van der Waals surface area contributed by atoms with E-state index >= 15 is 0 Å². The number of halogens is 3. The molecule has 4 aromatic rings. The number of rotatable bonds is 5. The zero-order valence-electron chi connectivity index (χ0n) is 23.1. The Bertz CT molecular complexity index is 1780. The number of hydrogen-bond donors (Lipinski definition) is 3. The van der Waals surface area contributed by atoms with Gasteiger partial charge in [-0.25, -0.2) is 13.8 Å². The zero-order chi connectivity index (χ0) is 30.3. The molecule has 2 aliphatic heterocycles. The van der Waals surface area contributed by atoms with Crippen molar-refractivity contribution in [2.75, 3.05) is 25.5 Å². The van der Waals surface area contributed by atoms with Gasteiger partial charge in [0.25, 0.3) is 5.91 Å². The van der Waals surface area contributed by atoms with Crippen LogP contribution in [0.5, 0.6) is 0 Å². The molecule has 0 bridgehead atoms. The standard InChI is InChI=1S/C32H27ClF2N6O2/c1-37-31(43)32(36)13-14-41(17-32)30(42)18-5-9-21(10-6-18)39-26-12-7-19-16-38-29(27-24(34)3-2-4-25(27)35)23-15-20(33)8-11-22(23)28(19)40-26/h2-12,15H,13-14,16-17,36H2,1H3,(H,37,43)(H,39,40). The summed E-state index contributed by atoms with van der Waals surface area (Å²) >= 11 is 6.31. The molecule has 1 unspecified atom stereocenters. The minimum atomic E-state index is -1.10. The fourth-order valence-electron chi connectivity index (χ4n) is 5.49. The lowest BCUT2D eigenvalue weighted by atomic mass is 9.94. The van der Waals surface area contributed by atoms with Crippen LogP contribution in [0, 0.1) is 11.6 Å². The van der Waals surface area contributed by atoms with Gasteiger partial charge in [0.2, 0.25) is 5.91 Å². The van der Waals surface area contributed by atoms with Gasteiger partial charge in [-0.05, 0) is 61.0 Å². The molecule has 0 aliphatic carbocycles. The van der Waals surface area contributed by atoms with E-state index in [2.05, 4.69) is 15.6 Å². The van der Waals surface area contributed by atoms with Gasteiger partial charge in [0.1, 0.15) is 23.0 Å². The molecule has 43 heavy (non-hydrogen) atoms. The Hall–Kier alpha value is -4.67. The number of hydrogen-bond acceptors (Lipinski definition) is 6. The second-order valence-corrected chi connectivity index (χ2v) is 11.0. The molecule has 0 saturated carbocycles. The van der Waals surface area contributed by atoms with Crippen molar-refractivity contribution in [2.45, 2.75) is 18.5 Å². The highest BCUT2D eigenvalue weighted by Crippen LogP contribution is 2.35. The Morgan fingerprint density at radius 1 is 1.00 bits per heavy atom. The normalized spacial score (nSPS) is 17.4. The summed E-state index contributed by atoms with van der Waals surface area (Å²) in [5.74, 6) is -1.40. The van der Waals surface area contributed by atoms with Crippen molar-refractivity contribution in [1.82, 2.24) is 15.2 Å². The number of nitrogens with one attached hydrogen (secondary N) is 2. The number of amides is 2. The van der Waals surface area contributed by atoms with Crippen molar-refractivity contribution in [3.8, 4) is 11.3 Å². The maximum Gasteiger partial charge on any atom is 0.253 e. The molecule has 218 valence electrons. The van der Waals surface area contributed by atoms with Crippen molar-refractivity contribution in [3.05, 3.63) is 112 Å². The van der Waals surface area contributed by atoms with Gasteiger partial charge >= 0.3 is 0 Å². The van der Waals surface area contributed by atoms with Crippen molar-refractivity contribution in [2.24, 2.45) is 10.7 Å². The number of carbonyl (C=O) groups excluding carboxylic acids is 2. The molecule has 2 aliphatic rings. The van der Waals surface area contributed by atoms with Gasteiger partial charge in [0.05, 0.1) is 23.5 Å². The minimum Gasteiger partial charge on any atom is -0.358 e. The number of likely N-dealkylation sites (N-methyl/N-ethyl adjacent to an activating group) is 1. The van der Waals surface area contributed by atoms with Gasteiger partial charge in [-0.2, -0.15) is 0 Å². The number of benzene rings is 3. The summed E-state index contributed by atoms with van der Waals surface area (Å²) < 4.78 is 29.6. The summed E-state index contributed by atoms with van der Waals surface area (Å²) in [6.45, 7) is 0.699. The zero-order valence-corrected chi connectivity index (χ0v) is 23.9. The van der Waals surface area contributed by atoms with Gasteiger partial charge in [-0.1, -0.05) is 29.8 Å². The number of aliphatic imine (C=N–C) groups is 1. The molecule has 3 aromatic carbocycles. The van der Waals surface area contributed by atoms with Crippen LogP contribution in [0.1, 0.15) is 33.5 Å². The molecule has 11 heteroatoms. The molecule has 1 saturated heterocycles. The van der Waals surface area contributed by atoms with Crippen LogP contribution in [0.2, 0.25) is 5.02 Å². The molecule has 6 rings (SSSR count). The molecule has 1 fully saturated rings. The lowest BCUT2D eigenvalue weighted by molar-refractivity contribution is -0.125. The summed E-state index contributed by atoms with van der Waals surface area (Å²) in [4.78, 5) is 36.2. The molecular formula is C32H27ClF2N6O2. The number of pyridine rings is 1. The molecule has 1 atom stereocenters. The van der Waals surface area contributed by atoms with Crippen LogP contribution in [-0.4, -0.2) is 53.1 Å². The first-order valence-corrected chi connectivity index (χ1v) is 14.0. The Labute approximate surface area is 251 Å². The summed E-state index contributed by atoms with van der Waals surface area (Å²) in [5, 5.41) is 6.22. The van der Waals surface area contributed by atoms with E-state index in [0.717, 1.165) is 5.56 Å². The fourth-order valence-corrected chi connectivity index (χ4v) is 5.66. The van der Waals surface area contributed by atoms with Crippen LogP contribution >= 0.6 is 11.6 Å². The van der Waals surface area contributed by atoms with Gasteiger partial charge in [-0.15, -0.1) is 0 Å². The largest absolute Gasteiger partial charge is 0.358 e. The SMILES string of the molecule is CNC(=O)C1(N)CCN(C(=O)c2ccc(Nc3ccc4c(n3)-c3ccc(Cl)cc3C(c3c(F)cccc3F)=NC4)cc2)C1.